The standard InChI is InChI=1S/C15H8BrN3O/c16-13-2-3-14-12(6-13)8-19(18-14)15-4-1-10(9-20)5-11(15)7-17/h1-6,8-9H. The highest BCUT2D eigenvalue weighted by atomic mass is 79.9. The third-order valence-corrected chi connectivity index (χ3v) is 3.48. The highest BCUT2D eigenvalue weighted by Crippen LogP contribution is 2.22. The van der Waals surface area contributed by atoms with E-state index in [1.807, 2.05) is 24.4 Å². The highest BCUT2D eigenvalue weighted by Gasteiger charge is 2.08. The normalized spacial score (nSPS) is 10.4. The van der Waals surface area contributed by atoms with Crippen molar-refractivity contribution in [2.75, 3.05) is 0 Å². The number of aromatic nitrogens is 2. The van der Waals surface area contributed by atoms with Crippen LogP contribution in [0.1, 0.15) is 15.9 Å². The summed E-state index contributed by atoms with van der Waals surface area (Å²) in [5, 5.41) is 14.6. The summed E-state index contributed by atoms with van der Waals surface area (Å²) in [5.74, 6) is 0. The van der Waals surface area contributed by atoms with E-state index in [1.54, 1.807) is 22.9 Å². The van der Waals surface area contributed by atoms with Gasteiger partial charge >= 0.3 is 0 Å². The third-order valence-electron chi connectivity index (χ3n) is 2.99. The molecule has 0 aliphatic carbocycles. The minimum atomic E-state index is 0.418. The molecule has 0 radical (unpaired) electrons. The van der Waals surface area contributed by atoms with Gasteiger partial charge in [-0.05, 0) is 36.4 Å². The van der Waals surface area contributed by atoms with Gasteiger partial charge in [0, 0.05) is 21.6 Å². The number of hydrogen-bond donors (Lipinski definition) is 0. The van der Waals surface area contributed by atoms with Crippen LogP contribution < -0.4 is 0 Å². The minimum absolute atomic E-state index is 0.418. The lowest BCUT2D eigenvalue weighted by molar-refractivity contribution is 0.112. The van der Waals surface area contributed by atoms with Gasteiger partial charge in [-0.15, -0.1) is 0 Å². The molecule has 0 saturated carbocycles. The molecular formula is C15H8BrN3O. The van der Waals surface area contributed by atoms with E-state index in [0.717, 1.165) is 21.7 Å². The Bertz CT molecular complexity index is 861. The lowest BCUT2D eigenvalue weighted by atomic mass is 10.1. The molecule has 3 rings (SSSR count). The van der Waals surface area contributed by atoms with Crippen LogP contribution in [0.2, 0.25) is 0 Å². The molecule has 0 fully saturated rings. The van der Waals surface area contributed by atoms with Crippen LogP contribution in [0.15, 0.2) is 47.1 Å². The number of benzene rings is 2. The molecule has 20 heavy (non-hydrogen) atoms. The number of nitriles is 1. The van der Waals surface area contributed by atoms with E-state index in [1.165, 1.54) is 0 Å². The topological polar surface area (TPSA) is 58.7 Å². The van der Waals surface area contributed by atoms with Crippen LogP contribution in [0.4, 0.5) is 0 Å². The van der Waals surface area contributed by atoms with Crippen molar-refractivity contribution in [2.45, 2.75) is 0 Å². The predicted octanol–water partition coefficient (Wildman–Crippen LogP) is 3.47. The molecule has 1 heterocycles. The first-order chi connectivity index (χ1) is 9.71. The van der Waals surface area contributed by atoms with Crippen molar-refractivity contribution < 1.29 is 4.79 Å². The van der Waals surface area contributed by atoms with Gasteiger partial charge in [0.2, 0.25) is 0 Å². The summed E-state index contributed by atoms with van der Waals surface area (Å²) in [5.41, 5.74) is 2.40. The summed E-state index contributed by atoms with van der Waals surface area (Å²) in [7, 11) is 0. The van der Waals surface area contributed by atoms with Gasteiger partial charge in [0.15, 0.2) is 0 Å². The molecule has 0 amide bonds. The Morgan fingerprint density at radius 3 is 2.85 bits per heavy atom. The van der Waals surface area contributed by atoms with Gasteiger partial charge < -0.3 is 0 Å². The fourth-order valence-electron chi connectivity index (χ4n) is 2.04. The molecule has 0 bridgehead atoms. The fraction of sp³-hybridized carbons (Fsp3) is 0. The van der Waals surface area contributed by atoms with Crippen molar-refractivity contribution in [3.63, 3.8) is 0 Å². The van der Waals surface area contributed by atoms with Crippen molar-refractivity contribution in [3.05, 3.63) is 58.2 Å². The van der Waals surface area contributed by atoms with E-state index in [4.69, 9.17) is 0 Å². The summed E-state index contributed by atoms with van der Waals surface area (Å²) in [6.45, 7) is 0. The average molecular weight is 326 g/mol. The molecule has 2 aromatic carbocycles. The quantitative estimate of drug-likeness (QED) is 0.678. The zero-order valence-electron chi connectivity index (χ0n) is 10.2. The summed E-state index contributed by atoms with van der Waals surface area (Å²) in [6, 6.07) is 12.8. The molecule has 4 nitrogen and oxygen atoms in total. The maximum Gasteiger partial charge on any atom is 0.150 e. The first-order valence-electron chi connectivity index (χ1n) is 5.86. The predicted molar refractivity (Wildman–Crippen MR) is 78.9 cm³/mol. The van der Waals surface area contributed by atoms with Crippen molar-refractivity contribution in [3.8, 4) is 11.8 Å². The number of aldehydes is 1. The Kier molecular flexibility index (Phi) is 3.09. The molecule has 3 aromatic rings. The molecule has 96 valence electrons. The molecule has 0 atom stereocenters. The van der Waals surface area contributed by atoms with Gasteiger partial charge in [-0.2, -0.15) is 10.4 Å². The summed E-state index contributed by atoms with van der Waals surface area (Å²) in [6.07, 6.45) is 2.58. The molecule has 0 spiro atoms. The van der Waals surface area contributed by atoms with E-state index in [0.29, 0.717) is 16.8 Å². The first-order valence-corrected chi connectivity index (χ1v) is 6.65. The summed E-state index contributed by atoms with van der Waals surface area (Å²) >= 11 is 3.42. The minimum Gasteiger partial charge on any atom is -0.298 e. The van der Waals surface area contributed by atoms with Gasteiger partial charge in [0.05, 0.1) is 16.8 Å². The number of nitrogens with zero attached hydrogens (tertiary/aromatic N) is 3. The zero-order chi connectivity index (χ0) is 14.1. The van der Waals surface area contributed by atoms with Crippen molar-refractivity contribution in [1.29, 1.82) is 5.26 Å². The largest absolute Gasteiger partial charge is 0.298 e. The van der Waals surface area contributed by atoms with Gasteiger partial charge in [-0.1, -0.05) is 15.9 Å². The van der Waals surface area contributed by atoms with Gasteiger partial charge in [-0.25, -0.2) is 4.68 Å². The molecule has 0 saturated heterocycles. The van der Waals surface area contributed by atoms with Gasteiger partial charge in [0.1, 0.15) is 12.4 Å². The molecule has 1 aromatic heterocycles. The monoisotopic (exact) mass is 325 g/mol. The van der Waals surface area contributed by atoms with E-state index >= 15 is 0 Å². The Morgan fingerprint density at radius 1 is 1.25 bits per heavy atom. The van der Waals surface area contributed by atoms with Crippen LogP contribution >= 0.6 is 15.9 Å². The van der Waals surface area contributed by atoms with Crippen LogP contribution in [0, 0.1) is 11.3 Å². The van der Waals surface area contributed by atoms with E-state index in [-0.39, 0.29) is 0 Å². The molecule has 5 heteroatoms. The summed E-state index contributed by atoms with van der Waals surface area (Å²) < 4.78 is 2.63. The number of halogens is 1. The van der Waals surface area contributed by atoms with Crippen molar-refractivity contribution >= 4 is 33.1 Å². The van der Waals surface area contributed by atoms with E-state index in [9.17, 15) is 10.1 Å². The molecule has 0 aliphatic rings. The molecule has 0 N–H and O–H groups in total. The Labute approximate surface area is 123 Å². The number of rotatable bonds is 2. The SMILES string of the molecule is N#Cc1cc(C=O)ccc1-n1cc2cc(Br)ccc2n1. The smallest absolute Gasteiger partial charge is 0.150 e. The third kappa shape index (κ3) is 2.10. The second kappa shape index (κ2) is 4.91. The number of carbonyl (C=O) groups excluding carboxylic acids is 1. The van der Waals surface area contributed by atoms with Crippen molar-refractivity contribution in [2.24, 2.45) is 0 Å². The van der Waals surface area contributed by atoms with Crippen molar-refractivity contribution in [1.82, 2.24) is 9.78 Å². The van der Waals surface area contributed by atoms with E-state index < -0.39 is 0 Å². The maximum atomic E-state index is 10.8. The van der Waals surface area contributed by atoms with Crippen LogP contribution in [0.3, 0.4) is 0 Å². The first kappa shape index (κ1) is 12.6. The van der Waals surface area contributed by atoms with Crippen LogP contribution in [-0.2, 0) is 0 Å². The Hall–Kier alpha value is -2.45. The van der Waals surface area contributed by atoms with Crippen LogP contribution in [0.5, 0.6) is 0 Å². The number of hydrogen-bond acceptors (Lipinski definition) is 3. The highest BCUT2D eigenvalue weighted by molar-refractivity contribution is 9.10. The molecule has 0 aliphatic heterocycles. The molecule has 0 unspecified atom stereocenters. The fourth-order valence-corrected chi connectivity index (χ4v) is 2.42. The van der Waals surface area contributed by atoms with Crippen LogP contribution in [0.25, 0.3) is 16.6 Å². The van der Waals surface area contributed by atoms with Gasteiger partial charge in [0.25, 0.3) is 0 Å². The zero-order valence-corrected chi connectivity index (χ0v) is 11.8. The Morgan fingerprint density at radius 2 is 2.10 bits per heavy atom. The second-order valence-electron chi connectivity index (χ2n) is 4.28. The second-order valence-corrected chi connectivity index (χ2v) is 5.20. The lowest BCUT2D eigenvalue weighted by Gasteiger charge is -2.03. The molecular weight excluding hydrogens is 318 g/mol. The van der Waals surface area contributed by atoms with E-state index in [2.05, 4.69) is 27.1 Å². The summed E-state index contributed by atoms with van der Waals surface area (Å²) in [4.78, 5) is 10.8. The number of carbonyl (C=O) groups is 1. The lowest BCUT2D eigenvalue weighted by Crippen LogP contribution is -1.98. The van der Waals surface area contributed by atoms with Gasteiger partial charge in [-0.3, -0.25) is 4.79 Å². The average Bonchev–Trinajstić information content (AvgIpc) is 2.89. The maximum absolute atomic E-state index is 10.8. The Balaban J connectivity index is 2.20. The number of fused-ring (bicyclic) bond motifs is 1. The van der Waals surface area contributed by atoms with Crippen LogP contribution in [-0.4, -0.2) is 16.1 Å².